The number of piperidine rings is 1. The highest BCUT2D eigenvalue weighted by Gasteiger charge is 2.23. The molecule has 1 atom stereocenters. The van der Waals surface area contributed by atoms with Gasteiger partial charge in [-0.2, -0.15) is 0 Å². The molecule has 1 saturated heterocycles. The quantitative estimate of drug-likeness (QED) is 0.894. The van der Waals surface area contributed by atoms with Gasteiger partial charge in [-0.05, 0) is 42.9 Å². The molecule has 0 aliphatic carbocycles. The summed E-state index contributed by atoms with van der Waals surface area (Å²) in [6, 6.07) is 6.22. The Balaban J connectivity index is 1.96. The summed E-state index contributed by atoms with van der Waals surface area (Å²) in [4.78, 5) is 16.2. The zero-order valence-electron chi connectivity index (χ0n) is 13.8. The number of aryl methyl sites for hydroxylation is 1. The van der Waals surface area contributed by atoms with Crippen LogP contribution in [-0.4, -0.2) is 49.8 Å². The van der Waals surface area contributed by atoms with E-state index in [0.29, 0.717) is 13.1 Å². The molecule has 1 heterocycles. The third-order valence-electron chi connectivity index (χ3n) is 4.22. The number of nitrogens with one attached hydrogen (secondary N) is 1. The highest BCUT2D eigenvalue weighted by atomic mass is 16.3. The molecule has 5 nitrogen and oxygen atoms in total. The van der Waals surface area contributed by atoms with Crippen LogP contribution in [0.25, 0.3) is 0 Å². The molecule has 1 aliphatic heterocycles. The van der Waals surface area contributed by atoms with E-state index in [2.05, 4.69) is 35.3 Å². The number of likely N-dealkylation sites (tertiary alicyclic amines) is 1. The second-order valence-corrected chi connectivity index (χ2v) is 6.32. The van der Waals surface area contributed by atoms with Crippen molar-refractivity contribution < 1.29 is 9.90 Å². The molecule has 122 valence electrons. The summed E-state index contributed by atoms with van der Waals surface area (Å²) in [5.41, 5.74) is 3.45. The van der Waals surface area contributed by atoms with Crippen LogP contribution in [0.15, 0.2) is 18.2 Å². The van der Waals surface area contributed by atoms with Crippen LogP contribution in [0.4, 0.5) is 10.5 Å². The Morgan fingerprint density at radius 1 is 1.45 bits per heavy atom. The smallest absolute Gasteiger partial charge is 0.317 e. The number of rotatable bonds is 4. The number of hydrogen-bond acceptors (Lipinski definition) is 3. The Bertz CT molecular complexity index is 517. The van der Waals surface area contributed by atoms with Gasteiger partial charge in [-0.3, -0.25) is 0 Å². The van der Waals surface area contributed by atoms with E-state index in [-0.39, 0.29) is 18.6 Å². The fraction of sp³-hybridized carbons (Fsp3) is 0.588. The fourth-order valence-corrected chi connectivity index (χ4v) is 2.92. The van der Waals surface area contributed by atoms with Crippen molar-refractivity contribution >= 4 is 11.7 Å². The first-order valence-electron chi connectivity index (χ1n) is 7.91. The highest BCUT2D eigenvalue weighted by molar-refractivity contribution is 5.74. The van der Waals surface area contributed by atoms with E-state index in [4.69, 9.17) is 0 Å². The number of anilines is 1. The lowest BCUT2D eigenvalue weighted by Gasteiger charge is -2.32. The zero-order chi connectivity index (χ0) is 16.1. The van der Waals surface area contributed by atoms with Gasteiger partial charge in [0.05, 0.1) is 0 Å². The summed E-state index contributed by atoms with van der Waals surface area (Å²) in [5.74, 6) is 0.219. The van der Waals surface area contributed by atoms with Crippen LogP contribution >= 0.6 is 0 Å². The minimum atomic E-state index is -0.0385. The summed E-state index contributed by atoms with van der Waals surface area (Å²) < 4.78 is 0. The van der Waals surface area contributed by atoms with E-state index in [1.54, 1.807) is 0 Å². The Morgan fingerprint density at radius 3 is 2.91 bits per heavy atom. The number of carbonyl (C=O) groups is 1. The molecule has 0 radical (unpaired) electrons. The highest BCUT2D eigenvalue weighted by Crippen LogP contribution is 2.20. The number of hydrogen-bond donors (Lipinski definition) is 2. The number of benzene rings is 1. The van der Waals surface area contributed by atoms with Crippen molar-refractivity contribution in [2.24, 2.45) is 5.92 Å². The standard InChI is InChI=1S/C17H27N3O2/c1-13-6-7-15(16(9-13)19(2)3)10-18-17(22)20-8-4-5-14(11-20)12-21/h6-7,9,14,21H,4-5,8,10-12H2,1-3H3,(H,18,22). The Kier molecular flexibility index (Phi) is 5.66. The van der Waals surface area contributed by atoms with Crippen LogP contribution in [-0.2, 0) is 6.54 Å². The van der Waals surface area contributed by atoms with Gasteiger partial charge in [-0.15, -0.1) is 0 Å². The predicted molar refractivity (Wildman–Crippen MR) is 89.1 cm³/mol. The predicted octanol–water partition coefficient (Wildman–Crippen LogP) is 1.97. The van der Waals surface area contributed by atoms with Gasteiger partial charge < -0.3 is 20.2 Å². The molecule has 1 aromatic rings. The molecule has 1 aromatic carbocycles. The second kappa shape index (κ2) is 7.49. The first-order valence-corrected chi connectivity index (χ1v) is 7.91. The van der Waals surface area contributed by atoms with Crippen LogP contribution < -0.4 is 10.2 Å². The number of urea groups is 1. The molecule has 5 heteroatoms. The first-order chi connectivity index (χ1) is 10.5. The maximum atomic E-state index is 12.3. The number of aliphatic hydroxyl groups excluding tert-OH is 1. The first kappa shape index (κ1) is 16.6. The summed E-state index contributed by atoms with van der Waals surface area (Å²) in [6.45, 7) is 4.17. The van der Waals surface area contributed by atoms with E-state index in [0.717, 1.165) is 30.6 Å². The normalized spacial score (nSPS) is 18.2. The van der Waals surface area contributed by atoms with Crippen molar-refractivity contribution in [2.45, 2.75) is 26.3 Å². The van der Waals surface area contributed by atoms with Gasteiger partial charge in [0.1, 0.15) is 0 Å². The molecule has 2 amide bonds. The van der Waals surface area contributed by atoms with Gasteiger partial charge in [0.2, 0.25) is 0 Å². The lowest BCUT2D eigenvalue weighted by Crippen LogP contribution is -2.46. The van der Waals surface area contributed by atoms with Crippen LogP contribution in [0.3, 0.4) is 0 Å². The largest absolute Gasteiger partial charge is 0.396 e. The lowest BCUT2D eigenvalue weighted by molar-refractivity contribution is 0.129. The van der Waals surface area contributed by atoms with Crippen LogP contribution in [0, 0.1) is 12.8 Å². The van der Waals surface area contributed by atoms with E-state index in [9.17, 15) is 9.90 Å². The van der Waals surface area contributed by atoms with Crippen LogP contribution in [0.2, 0.25) is 0 Å². The fourth-order valence-electron chi connectivity index (χ4n) is 2.92. The van der Waals surface area contributed by atoms with Gasteiger partial charge in [0.15, 0.2) is 0 Å². The molecule has 1 aliphatic rings. The summed E-state index contributed by atoms with van der Waals surface area (Å²) in [6.07, 6.45) is 1.97. The Hall–Kier alpha value is -1.75. The molecule has 0 saturated carbocycles. The minimum absolute atomic E-state index is 0.0385. The topological polar surface area (TPSA) is 55.8 Å². The summed E-state index contributed by atoms with van der Waals surface area (Å²) in [5, 5.41) is 12.3. The third-order valence-corrected chi connectivity index (χ3v) is 4.22. The van der Waals surface area contributed by atoms with Crippen molar-refractivity contribution in [2.75, 3.05) is 38.7 Å². The molecule has 1 unspecified atom stereocenters. The maximum absolute atomic E-state index is 12.3. The van der Waals surface area contributed by atoms with E-state index in [1.807, 2.05) is 19.0 Å². The van der Waals surface area contributed by atoms with Crippen molar-refractivity contribution in [1.29, 1.82) is 0 Å². The molecule has 2 rings (SSSR count). The van der Waals surface area contributed by atoms with Gasteiger partial charge in [-0.1, -0.05) is 12.1 Å². The molecule has 1 fully saturated rings. The third kappa shape index (κ3) is 4.13. The van der Waals surface area contributed by atoms with Crippen LogP contribution in [0.1, 0.15) is 24.0 Å². The van der Waals surface area contributed by atoms with Crippen molar-refractivity contribution in [3.63, 3.8) is 0 Å². The Labute approximate surface area is 132 Å². The van der Waals surface area contributed by atoms with Gasteiger partial charge in [-0.25, -0.2) is 4.79 Å². The minimum Gasteiger partial charge on any atom is -0.396 e. The number of carbonyl (C=O) groups excluding carboxylic acids is 1. The van der Waals surface area contributed by atoms with Crippen LogP contribution in [0.5, 0.6) is 0 Å². The maximum Gasteiger partial charge on any atom is 0.317 e. The summed E-state index contributed by atoms with van der Waals surface area (Å²) >= 11 is 0. The molecular formula is C17H27N3O2. The SMILES string of the molecule is Cc1ccc(CNC(=O)N2CCCC(CO)C2)c(N(C)C)c1. The number of nitrogens with zero attached hydrogens (tertiary/aromatic N) is 2. The molecule has 0 bridgehead atoms. The second-order valence-electron chi connectivity index (χ2n) is 6.32. The average Bonchev–Trinajstić information content (AvgIpc) is 2.53. The molecular weight excluding hydrogens is 278 g/mol. The van der Waals surface area contributed by atoms with Gasteiger partial charge in [0.25, 0.3) is 0 Å². The van der Waals surface area contributed by atoms with E-state index >= 15 is 0 Å². The zero-order valence-corrected chi connectivity index (χ0v) is 13.8. The number of aliphatic hydroxyl groups is 1. The van der Waals surface area contributed by atoms with E-state index < -0.39 is 0 Å². The van der Waals surface area contributed by atoms with Crippen molar-refractivity contribution in [1.82, 2.24) is 10.2 Å². The van der Waals surface area contributed by atoms with Crippen molar-refractivity contribution in [3.8, 4) is 0 Å². The summed E-state index contributed by atoms with van der Waals surface area (Å²) in [7, 11) is 4.02. The van der Waals surface area contributed by atoms with E-state index in [1.165, 1.54) is 5.56 Å². The number of amides is 2. The molecule has 22 heavy (non-hydrogen) atoms. The molecule has 0 aromatic heterocycles. The van der Waals surface area contributed by atoms with Crippen molar-refractivity contribution in [3.05, 3.63) is 29.3 Å². The Morgan fingerprint density at radius 2 is 2.23 bits per heavy atom. The van der Waals surface area contributed by atoms with Gasteiger partial charge in [0, 0.05) is 46.0 Å². The monoisotopic (exact) mass is 305 g/mol. The average molecular weight is 305 g/mol. The molecule has 2 N–H and O–H groups in total. The van der Waals surface area contributed by atoms with Gasteiger partial charge >= 0.3 is 6.03 Å². The molecule has 0 spiro atoms. The lowest BCUT2D eigenvalue weighted by atomic mass is 9.99.